The maximum absolute atomic E-state index is 12.8. The van der Waals surface area contributed by atoms with Crippen LogP contribution in [0.2, 0.25) is 0 Å². The third-order valence-corrected chi connectivity index (χ3v) is 4.41. The van der Waals surface area contributed by atoms with Gasteiger partial charge in [-0.3, -0.25) is 9.59 Å². The van der Waals surface area contributed by atoms with E-state index in [4.69, 9.17) is 9.47 Å². The second-order valence-electron chi connectivity index (χ2n) is 5.63. The Morgan fingerprint density at radius 3 is 2.09 bits per heavy atom. The molecule has 0 aliphatic heterocycles. The Bertz CT molecular complexity index is 579. The van der Waals surface area contributed by atoms with E-state index >= 15 is 0 Å². The molecule has 0 atom stereocenters. The molecule has 0 saturated carbocycles. The molecule has 0 heterocycles. The Hall–Kier alpha value is -1.49. The summed E-state index contributed by atoms with van der Waals surface area (Å²) >= 11 is 1.71. The highest BCUT2D eigenvalue weighted by Gasteiger charge is 2.40. The number of ketones is 2. The summed E-state index contributed by atoms with van der Waals surface area (Å²) in [5.41, 5.74) is 0.316. The van der Waals surface area contributed by atoms with Gasteiger partial charge < -0.3 is 9.47 Å². The minimum atomic E-state index is -0.563. The average molecular weight is 324 g/mol. The molecule has 0 aromatic carbocycles. The van der Waals surface area contributed by atoms with Crippen molar-refractivity contribution in [3.8, 4) is 0 Å². The summed E-state index contributed by atoms with van der Waals surface area (Å²) in [4.78, 5) is 26.3. The lowest BCUT2D eigenvalue weighted by Crippen LogP contribution is -2.31. The zero-order valence-electron chi connectivity index (χ0n) is 14.3. The van der Waals surface area contributed by atoms with Crippen LogP contribution in [0.1, 0.15) is 34.6 Å². The molecule has 0 fully saturated rings. The number of carbonyl (C=O) groups is 2. The highest BCUT2D eigenvalue weighted by Crippen LogP contribution is 2.39. The molecule has 0 radical (unpaired) electrons. The summed E-state index contributed by atoms with van der Waals surface area (Å²) in [5.74, 6) is 0.340. The van der Waals surface area contributed by atoms with Gasteiger partial charge in [-0.25, -0.2) is 0 Å². The topological polar surface area (TPSA) is 52.6 Å². The fraction of sp³-hybridized carbons (Fsp3) is 0.529. The summed E-state index contributed by atoms with van der Waals surface area (Å²) in [6.07, 6.45) is 2.02. The predicted octanol–water partition coefficient (Wildman–Crippen LogP) is 3.64. The average Bonchev–Trinajstić information content (AvgIpc) is 2.41. The monoisotopic (exact) mass is 324 g/mol. The smallest absolute Gasteiger partial charge is 0.228 e. The molecule has 0 bridgehead atoms. The Balaban J connectivity index is 3.41. The van der Waals surface area contributed by atoms with Crippen molar-refractivity contribution in [3.63, 3.8) is 0 Å². The number of hydrogen-bond acceptors (Lipinski definition) is 5. The fourth-order valence-corrected chi connectivity index (χ4v) is 3.60. The Kier molecular flexibility index (Phi) is 6.06. The van der Waals surface area contributed by atoms with Crippen LogP contribution in [0, 0.1) is 5.41 Å². The van der Waals surface area contributed by atoms with Gasteiger partial charge in [-0.15, -0.1) is 11.8 Å². The molecule has 0 aromatic heterocycles. The van der Waals surface area contributed by atoms with E-state index in [0.717, 1.165) is 10.7 Å². The fourth-order valence-electron chi connectivity index (χ4n) is 2.77. The number of thioether (sulfide) groups is 1. The zero-order chi connectivity index (χ0) is 17.1. The van der Waals surface area contributed by atoms with Gasteiger partial charge in [0, 0.05) is 16.6 Å². The Morgan fingerprint density at radius 1 is 1.14 bits per heavy atom. The lowest BCUT2D eigenvalue weighted by molar-refractivity contribution is -0.121. The summed E-state index contributed by atoms with van der Waals surface area (Å²) in [6, 6.07) is 0. The van der Waals surface area contributed by atoms with Crippen molar-refractivity contribution in [3.05, 3.63) is 33.6 Å². The van der Waals surface area contributed by atoms with Crippen molar-refractivity contribution in [2.75, 3.05) is 20.0 Å². The molecular formula is C17H24O4S. The molecule has 0 N–H and O–H groups in total. The second-order valence-corrected chi connectivity index (χ2v) is 7.14. The van der Waals surface area contributed by atoms with Crippen LogP contribution in [0.3, 0.4) is 0 Å². The summed E-state index contributed by atoms with van der Waals surface area (Å²) in [6.45, 7) is 9.61. The van der Waals surface area contributed by atoms with Crippen molar-refractivity contribution in [1.82, 2.24) is 0 Å². The van der Waals surface area contributed by atoms with E-state index in [1.165, 1.54) is 14.2 Å². The van der Waals surface area contributed by atoms with Crippen LogP contribution in [-0.4, -0.2) is 31.5 Å². The van der Waals surface area contributed by atoms with E-state index in [0.29, 0.717) is 11.1 Å². The first-order valence-corrected chi connectivity index (χ1v) is 8.15. The van der Waals surface area contributed by atoms with E-state index in [1.807, 2.05) is 26.8 Å². The van der Waals surface area contributed by atoms with Gasteiger partial charge in [-0.05, 0) is 24.5 Å². The molecule has 1 rings (SSSR count). The van der Waals surface area contributed by atoms with Crippen molar-refractivity contribution < 1.29 is 19.1 Å². The van der Waals surface area contributed by atoms with Gasteiger partial charge in [0.25, 0.3) is 0 Å². The molecule has 122 valence electrons. The molecule has 22 heavy (non-hydrogen) atoms. The highest BCUT2D eigenvalue weighted by molar-refractivity contribution is 8.03. The van der Waals surface area contributed by atoms with Crippen LogP contribution in [0.25, 0.3) is 0 Å². The zero-order valence-corrected chi connectivity index (χ0v) is 15.1. The highest BCUT2D eigenvalue weighted by atomic mass is 32.2. The molecule has 0 aromatic rings. The number of allylic oxidation sites excluding steroid dienone is 4. The summed E-state index contributed by atoms with van der Waals surface area (Å²) in [5, 5.41) is 0. The van der Waals surface area contributed by atoms with E-state index in [9.17, 15) is 9.59 Å². The molecular weight excluding hydrogens is 300 g/mol. The number of methoxy groups -OCH3 is 2. The third kappa shape index (κ3) is 3.46. The molecule has 4 nitrogen and oxygen atoms in total. The SMILES string of the molecule is CCS/C(C)=C/C(C)(C)C1=C(C)C(=O)C(OC)=C(OC)C1=O. The van der Waals surface area contributed by atoms with Gasteiger partial charge in [-0.1, -0.05) is 26.8 Å². The largest absolute Gasteiger partial charge is 0.489 e. The molecule has 1 aliphatic carbocycles. The van der Waals surface area contributed by atoms with Crippen LogP contribution in [0.15, 0.2) is 33.6 Å². The maximum Gasteiger partial charge on any atom is 0.228 e. The van der Waals surface area contributed by atoms with Gasteiger partial charge in [0.05, 0.1) is 14.2 Å². The molecule has 0 amide bonds. The number of carbonyl (C=O) groups excluding carboxylic acids is 2. The number of hydrogen-bond donors (Lipinski definition) is 0. The van der Waals surface area contributed by atoms with Gasteiger partial charge in [0.2, 0.25) is 23.1 Å². The Morgan fingerprint density at radius 2 is 1.64 bits per heavy atom. The van der Waals surface area contributed by atoms with E-state index in [-0.39, 0.29) is 23.1 Å². The van der Waals surface area contributed by atoms with E-state index in [1.54, 1.807) is 18.7 Å². The van der Waals surface area contributed by atoms with E-state index < -0.39 is 5.41 Å². The van der Waals surface area contributed by atoms with Gasteiger partial charge in [0.1, 0.15) is 0 Å². The summed E-state index contributed by atoms with van der Waals surface area (Å²) < 4.78 is 10.2. The quantitative estimate of drug-likeness (QED) is 0.698. The van der Waals surface area contributed by atoms with Gasteiger partial charge >= 0.3 is 0 Å². The summed E-state index contributed by atoms with van der Waals surface area (Å²) in [7, 11) is 2.74. The van der Waals surface area contributed by atoms with Gasteiger partial charge in [0.15, 0.2) is 0 Å². The van der Waals surface area contributed by atoms with E-state index in [2.05, 4.69) is 6.92 Å². The first kappa shape index (κ1) is 18.6. The minimum Gasteiger partial charge on any atom is -0.489 e. The maximum atomic E-state index is 12.8. The predicted molar refractivity (Wildman–Crippen MR) is 89.4 cm³/mol. The van der Waals surface area contributed by atoms with Gasteiger partial charge in [-0.2, -0.15) is 0 Å². The first-order valence-electron chi connectivity index (χ1n) is 7.16. The van der Waals surface area contributed by atoms with Crippen molar-refractivity contribution in [1.29, 1.82) is 0 Å². The number of Topliss-reactive ketones (excluding diaryl/α,β-unsaturated/α-hetero) is 2. The number of rotatable bonds is 6. The van der Waals surface area contributed by atoms with Crippen LogP contribution < -0.4 is 0 Å². The first-order chi connectivity index (χ1) is 10.2. The third-order valence-electron chi connectivity index (χ3n) is 3.55. The molecule has 5 heteroatoms. The number of ether oxygens (including phenoxy) is 2. The van der Waals surface area contributed by atoms with Crippen molar-refractivity contribution >= 4 is 23.3 Å². The van der Waals surface area contributed by atoms with Crippen molar-refractivity contribution in [2.45, 2.75) is 34.6 Å². The molecule has 0 saturated heterocycles. The molecule has 0 spiro atoms. The molecule has 0 unspecified atom stereocenters. The minimum absolute atomic E-state index is 0.0182. The lowest BCUT2D eigenvalue weighted by atomic mass is 9.75. The lowest BCUT2D eigenvalue weighted by Gasteiger charge is -2.30. The standard InChI is InChI=1S/C17H24O4S/c1-8-22-10(2)9-17(4,5)12-11(3)13(18)15(20-6)16(21-7)14(12)19/h9H,8H2,1-7H3/b10-9+. The normalized spacial score (nSPS) is 17.3. The van der Waals surface area contributed by atoms with Crippen LogP contribution in [0.4, 0.5) is 0 Å². The van der Waals surface area contributed by atoms with Crippen LogP contribution in [-0.2, 0) is 19.1 Å². The molecule has 1 aliphatic rings. The Labute approximate surface area is 136 Å². The van der Waals surface area contributed by atoms with Crippen LogP contribution >= 0.6 is 11.8 Å². The van der Waals surface area contributed by atoms with Crippen LogP contribution in [0.5, 0.6) is 0 Å². The van der Waals surface area contributed by atoms with Crippen molar-refractivity contribution in [2.24, 2.45) is 5.41 Å². The second kappa shape index (κ2) is 7.18.